The third kappa shape index (κ3) is 2.54. The van der Waals surface area contributed by atoms with Crippen molar-refractivity contribution in [1.29, 1.82) is 0 Å². The number of hydrogen-bond donors (Lipinski definition) is 0. The van der Waals surface area contributed by atoms with Gasteiger partial charge in [-0.15, -0.1) is 0 Å². The van der Waals surface area contributed by atoms with Gasteiger partial charge in [0.05, 0.1) is 6.10 Å². The summed E-state index contributed by atoms with van der Waals surface area (Å²) in [5.41, 5.74) is 0. The second-order valence-electron chi connectivity index (χ2n) is 3.40. The van der Waals surface area contributed by atoms with Crippen molar-refractivity contribution < 1.29 is 18.3 Å². The number of hydrogen-bond acceptors (Lipinski definition) is 2. The Bertz CT molecular complexity index is 257. The van der Waals surface area contributed by atoms with E-state index in [0.717, 1.165) is 12.8 Å². The summed E-state index contributed by atoms with van der Waals surface area (Å²) in [7, 11) is 0. The van der Waals surface area contributed by atoms with E-state index in [1.807, 2.05) is 6.08 Å². The fourth-order valence-corrected chi connectivity index (χ4v) is 1.34. The van der Waals surface area contributed by atoms with Gasteiger partial charge in [0.15, 0.2) is 0 Å². The van der Waals surface area contributed by atoms with Crippen LogP contribution in [0.25, 0.3) is 0 Å². The highest BCUT2D eigenvalue weighted by molar-refractivity contribution is 5.17. The van der Waals surface area contributed by atoms with E-state index >= 15 is 0 Å². The average molecular weight is 202 g/mol. The molecule has 0 aliphatic heterocycles. The van der Waals surface area contributed by atoms with Gasteiger partial charge in [-0.1, -0.05) is 12.2 Å². The van der Waals surface area contributed by atoms with Crippen LogP contribution in [0.1, 0.15) is 19.3 Å². The minimum Gasteiger partial charge on any atom is -0.437 e. The summed E-state index contributed by atoms with van der Waals surface area (Å²) in [6.45, 7) is -2.77. The standard InChI is InChI=1S/C10H12F2O2/c11-10(12)14-9-4-2-1-3-8(9)13-7-5-6-7/h1,3-4,7-8,10H,2,5-6H2. The second-order valence-corrected chi connectivity index (χ2v) is 3.40. The molecule has 0 aromatic rings. The predicted molar refractivity (Wildman–Crippen MR) is 46.8 cm³/mol. The highest BCUT2D eigenvalue weighted by atomic mass is 19.3. The summed E-state index contributed by atoms with van der Waals surface area (Å²) in [6.07, 6.45) is 7.80. The second kappa shape index (κ2) is 4.09. The fraction of sp³-hybridized carbons (Fsp3) is 0.600. The highest BCUT2D eigenvalue weighted by Crippen LogP contribution is 2.29. The summed E-state index contributed by atoms with van der Waals surface area (Å²) in [5.74, 6) is 0.245. The van der Waals surface area contributed by atoms with Crippen molar-refractivity contribution in [2.45, 2.75) is 38.1 Å². The molecule has 2 rings (SSSR count). The van der Waals surface area contributed by atoms with Crippen LogP contribution in [0.3, 0.4) is 0 Å². The monoisotopic (exact) mass is 202 g/mol. The molecule has 0 saturated heterocycles. The lowest BCUT2D eigenvalue weighted by atomic mass is 10.1. The first kappa shape index (κ1) is 9.65. The van der Waals surface area contributed by atoms with E-state index in [-0.39, 0.29) is 11.9 Å². The van der Waals surface area contributed by atoms with Crippen LogP contribution in [0.4, 0.5) is 8.78 Å². The molecule has 1 fully saturated rings. The number of allylic oxidation sites excluding steroid dienone is 2. The maximum absolute atomic E-state index is 12.0. The van der Waals surface area contributed by atoms with E-state index in [9.17, 15) is 8.78 Å². The number of alkyl halides is 2. The summed E-state index contributed by atoms with van der Waals surface area (Å²) < 4.78 is 33.9. The third-order valence-electron chi connectivity index (χ3n) is 2.14. The third-order valence-corrected chi connectivity index (χ3v) is 2.14. The summed E-state index contributed by atoms with van der Waals surface area (Å²) >= 11 is 0. The molecule has 0 amide bonds. The molecule has 0 heterocycles. The van der Waals surface area contributed by atoms with Gasteiger partial charge in [-0.3, -0.25) is 0 Å². The van der Waals surface area contributed by atoms with Gasteiger partial charge in [-0.2, -0.15) is 8.78 Å². The lowest BCUT2D eigenvalue weighted by molar-refractivity contribution is -0.114. The minimum absolute atomic E-state index is 0.229. The van der Waals surface area contributed by atoms with Gasteiger partial charge in [-0.05, 0) is 25.3 Å². The van der Waals surface area contributed by atoms with E-state index in [4.69, 9.17) is 4.74 Å². The zero-order chi connectivity index (χ0) is 9.97. The molecule has 0 N–H and O–H groups in total. The van der Waals surface area contributed by atoms with Gasteiger partial charge < -0.3 is 9.47 Å². The summed E-state index contributed by atoms with van der Waals surface area (Å²) in [4.78, 5) is 0. The van der Waals surface area contributed by atoms with Gasteiger partial charge in [0.2, 0.25) is 0 Å². The molecular formula is C10H12F2O2. The first-order chi connectivity index (χ1) is 6.75. The summed E-state index contributed by atoms with van der Waals surface area (Å²) in [6, 6.07) is 0. The van der Waals surface area contributed by atoms with Crippen LogP contribution in [-0.2, 0) is 9.47 Å². The Morgan fingerprint density at radius 1 is 1.36 bits per heavy atom. The Morgan fingerprint density at radius 2 is 2.14 bits per heavy atom. The van der Waals surface area contributed by atoms with Crippen LogP contribution >= 0.6 is 0 Å². The molecule has 0 bridgehead atoms. The average Bonchev–Trinajstić information content (AvgIpc) is 2.91. The van der Waals surface area contributed by atoms with Crippen molar-refractivity contribution in [3.8, 4) is 0 Å². The molecular weight excluding hydrogens is 190 g/mol. The first-order valence-corrected chi connectivity index (χ1v) is 4.72. The minimum atomic E-state index is -2.77. The maximum Gasteiger partial charge on any atom is 0.387 e. The number of halogens is 2. The maximum atomic E-state index is 12.0. The Hall–Kier alpha value is -0.900. The van der Waals surface area contributed by atoms with Crippen LogP contribution in [-0.4, -0.2) is 18.8 Å². The molecule has 0 aromatic heterocycles. The molecule has 1 atom stereocenters. The van der Waals surface area contributed by atoms with Crippen molar-refractivity contribution in [1.82, 2.24) is 0 Å². The SMILES string of the molecule is FC(F)OC1=CCC=CC1OC1CC1. The smallest absolute Gasteiger partial charge is 0.387 e. The molecule has 4 heteroatoms. The van der Waals surface area contributed by atoms with Crippen molar-refractivity contribution in [3.63, 3.8) is 0 Å². The van der Waals surface area contributed by atoms with E-state index in [0.29, 0.717) is 6.42 Å². The fourth-order valence-electron chi connectivity index (χ4n) is 1.34. The molecule has 0 radical (unpaired) electrons. The van der Waals surface area contributed by atoms with Crippen LogP contribution in [0.2, 0.25) is 0 Å². The van der Waals surface area contributed by atoms with Gasteiger partial charge in [0.1, 0.15) is 11.9 Å². The van der Waals surface area contributed by atoms with Crippen molar-refractivity contribution in [3.05, 3.63) is 24.0 Å². The van der Waals surface area contributed by atoms with Crippen molar-refractivity contribution >= 4 is 0 Å². The van der Waals surface area contributed by atoms with E-state index in [1.54, 1.807) is 12.2 Å². The lowest BCUT2D eigenvalue weighted by Gasteiger charge is -2.20. The van der Waals surface area contributed by atoms with Crippen molar-refractivity contribution in [2.24, 2.45) is 0 Å². The number of ether oxygens (including phenoxy) is 2. The lowest BCUT2D eigenvalue weighted by Crippen LogP contribution is -2.20. The molecule has 2 nitrogen and oxygen atoms in total. The van der Waals surface area contributed by atoms with E-state index < -0.39 is 12.7 Å². The van der Waals surface area contributed by atoms with Crippen LogP contribution in [0.5, 0.6) is 0 Å². The Labute approximate surface area is 81.2 Å². The van der Waals surface area contributed by atoms with E-state index in [1.165, 1.54) is 0 Å². The summed E-state index contributed by atoms with van der Waals surface area (Å²) in [5, 5.41) is 0. The molecule has 2 aliphatic carbocycles. The Balaban J connectivity index is 1.92. The zero-order valence-corrected chi connectivity index (χ0v) is 7.66. The zero-order valence-electron chi connectivity index (χ0n) is 7.66. The van der Waals surface area contributed by atoms with Gasteiger partial charge in [0, 0.05) is 0 Å². The molecule has 0 aromatic carbocycles. The van der Waals surface area contributed by atoms with Crippen molar-refractivity contribution in [2.75, 3.05) is 0 Å². The van der Waals surface area contributed by atoms with Gasteiger partial charge in [-0.25, -0.2) is 0 Å². The van der Waals surface area contributed by atoms with E-state index in [2.05, 4.69) is 4.74 Å². The normalized spacial score (nSPS) is 26.5. The molecule has 1 unspecified atom stereocenters. The largest absolute Gasteiger partial charge is 0.437 e. The molecule has 1 saturated carbocycles. The molecule has 0 spiro atoms. The molecule has 2 aliphatic rings. The number of rotatable bonds is 4. The van der Waals surface area contributed by atoms with Gasteiger partial charge >= 0.3 is 6.61 Å². The Kier molecular flexibility index (Phi) is 2.82. The topological polar surface area (TPSA) is 18.5 Å². The predicted octanol–water partition coefficient (Wildman–Crippen LogP) is 2.62. The quantitative estimate of drug-likeness (QED) is 0.652. The first-order valence-electron chi connectivity index (χ1n) is 4.72. The molecule has 14 heavy (non-hydrogen) atoms. The highest BCUT2D eigenvalue weighted by Gasteiger charge is 2.29. The Morgan fingerprint density at radius 3 is 2.79 bits per heavy atom. The van der Waals surface area contributed by atoms with Crippen LogP contribution < -0.4 is 0 Å². The van der Waals surface area contributed by atoms with Crippen LogP contribution in [0.15, 0.2) is 24.0 Å². The molecule has 78 valence electrons. The van der Waals surface area contributed by atoms with Gasteiger partial charge in [0.25, 0.3) is 0 Å². The van der Waals surface area contributed by atoms with Crippen LogP contribution in [0, 0.1) is 0 Å².